The number of fused-ring (bicyclic) bond motifs is 1. The molecule has 0 spiro atoms. The van der Waals surface area contributed by atoms with E-state index in [2.05, 4.69) is 13.2 Å². The number of carbonyl (C=O) groups is 6. The molecule has 2 aliphatic carbocycles. The highest BCUT2D eigenvalue weighted by molar-refractivity contribution is 7.22. The summed E-state index contributed by atoms with van der Waals surface area (Å²) in [5, 5.41) is 6.81. The average Bonchev–Trinajstić information content (AvgIpc) is 3.86. The second-order valence-corrected chi connectivity index (χ2v) is 19.1. The topological polar surface area (TPSA) is 196 Å². The lowest BCUT2D eigenvalue weighted by Crippen LogP contribution is -2.30. The van der Waals surface area contributed by atoms with Crippen molar-refractivity contribution in [3.8, 4) is 28.7 Å². The molecule has 5 aromatic rings. The Labute approximate surface area is 434 Å². The van der Waals surface area contributed by atoms with Gasteiger partial charge in [0, 0.05) is 17.7 Å². The monoisotopic (exact) mass is 1030 g/mol. The number of aryl methyl sites for hydroxylation is 1. The van der Waals surface area contributed by atoms with Crippen LogP contribution in [0.2, 0.25) is 0 Å². The molecule has 2 fully saturated rings. The third kappa shape index (κ3) is 16.2. The van der Waals surface area contributed by atoms with Crippen LogP contribution in [-0.2, 0) is 38.2 Å². The van der Waals surface area contributed by atoms with Gasteiger partial charge < -0.3 is 33.2 Å². The van der Waals surface area contributed by atoms with Crippen molar-refractivity contribution < 1.29 is 61.9 Å². The molecule has 0 N–H and O–H groups in total. The largest absolute Gasteiger partial charge is 0.494 e. The third-order valence-electron chi connectivity index (χ3n) is 12.8. The van der Waals surface area contributed by atoms with Crippen molar-refractivity contribution in [2.24, 2.45) is 28.8 Å². The maximum absolute atomic E-state index is 13.8. The van der Waals surface area contributed by atoms with E-state index in [1.54, 1.807) is 59.6 Å². The molecule has 2 aliphatic rings. The van der Waals surface area contributed by atoms with Crippen molar-refractivity contribution in [3.05, 3.63) is 127 Å². The van der Waals surface area contributed by atoms with E-state index in [1.165, 1.54) is 17.6 Å². The Morgan fingerprint density at radius 1 is 0.595 bits per heavy atom. The fourth-order valence-corrected chi connectivity index (χ4v) is 9.44. The summed E-state index contributed by atoms with van der Waals surface area (Å²) in [4.78, 5) is 81.4. The Hall–Kier alpha value is -7.66. The zero-order chi connectivity index (χ0) is 52.2. The van der Waals surface area contributed by atoms with Crippen LogP contribution in [0.3, 0.4) is 0 Å². The van der Waals surface area contributed by atoms with E-state index in [1.807, 2.05) is 43.3 Å². The lowest BCUT2D eigenvalue weighted by molar-refractivity contribution is -0.145. The second kappa shape index (κ2) is 27.4. The molecule has 0 bridgehead atoms. The van der Waals surface area contributed by atoms with Crippen molar-refractivity contribution in [1.29, 1.82) is 0 Å². The molecule has 7 rings (SSSR count). The summed E-state index contributed by atoms with van der Waals surface area (Å²) >= 11 is 1.39. The van der Waals surface area contributed by atoms with Gasteiger partial charge in [-0.25, -0.2) is 19.6 Å². The third-order valence-corrected chi connectivity index (χ3v) is 13.8. The number of esters is 6. The first-order valence-electron chi connectivity index (χ1n) is 25.0. The maximum Gasteiger partial charge on any atom is 0.330 e. The normalized spacial score (nSPS) is 17.4. The lowest BCUT2D eigenvalue weighted by Gasteiger charge is -2.26. The zero-order valence-electron chi connectivity index (χ0n) is 41.5. The van der Waals surface area contributed by atoms with Crippen LogP contribution in [-0.4, -0.2) is 73.4 Å². The van der Waals surface area contributed by atoms with Crippen LogP contribution >= 0.6 is 11.3 Å². The first-order chi connectivity index (χ1) is 35.9. The van der Waals surface area contributed by atoms with Crippen molar-refractivity contribution in [3.63, 3.8) is 0 Å². The first kappa shape index (κ1) is 54.1. The van der Waals surface area contributed by atoms with Gasteiger partial charge in [0.15, 0.2) is 0 Å². The van der Waals surface area contributed by atoms with Crippen LogP contribution in [0.5, 0.6) is 28.7 Å². The number of hydrogen-bond donors (Lipinski definition) is 0. The molecule has 74 heavy (non-hydrogen) atoms. The Morgan fingerprint density at radius 2 is 1.08 bits per heavy atom. The van der Waals surface area contributed by atoms with Gasteiger partial charge in [-0.05, 0) is 151 Å². The maximum atomic E-state index is 13.8. The number of unbranched alkanes of at least 4 members (excludes halogenated alkanes) is 3. The fourth-order valence-electron chi connectivity index (χ4n) is 8.49. The minimum absolute atomic E-state index is 0.0374. The number of ether oxygens (including phenoxy) is 7. The Kier molecular flexibility index (Phi) is 20.0. The summed E-state index contributed by atoms with van der Waals surface area (Å²) in [6.45, 7) is 9.78. The van der Waals surface area contributed by atoms with E-state index < -0.39 is 41.6 Å². The van der Waals surface area contributed by atoms with Crippen LogP contribution in [0.15, 0.2) is 121 Å². The molecule has 2 saturated carbocycles. The highest BCUT2D eigenvalue weighted by Crippen LogP contribution is 2.35. The van der Waals surface area contributed by atoms with Crippen LogP contribution in [0, 0.1) is 30.6 Å². The molecular formula is C57H61N3O13S. The van der Waals surface area contributed by atoms with Crippen LogP contribution in [0.25, 0.3) is 10.2 Å². The van der Waals surface area contributed by atoms with Crippen molar-refractivity contribution in [2.45, 2.75) is 84.0 Å². The summed E-state index contributed by atoms with van der Waals surface area (Å²) in [6.07, 6.45) is 10.6. The van der Waals surface area contributed by atoms with Gasteiger partial charge >= 0.3 is 35.8 Å². The average molecular weight is 1030 g/mol. The number of carbonyl (C=O) groups excluding carboxylic acids is 6. The van der Waals surface area contributed by atoms with Gasteiger partial charge in [-0.2, -0.15) is 5.10 Å². The van der Waals surface area contributed by atoms with Gasteiger partial charge in [-0.1, -0.05) is 54.3 Å². The first-order valence-corrected chi connectivity index (χ1v) is 25.8. The number of rotatable bonds is 24. The van der Waals surface area contributed by atoms with E-state index >= 15 is 0 Å². The number of para-hydroxylation sites is 1. The standard InChI is InChI=1S/C57H61N3O13S/c1-4-51(61)68-34-11-7-6-10-33-67-44-26-28-46(29-27-44)71-54(64)39-16-18-41(19-17-39)55(65)72-47-30-31-49(73-56(66)42-22-20-40(21-23-42)53(63)70-45-24-14-38(3)15-25-45)43(36-47)37-58-60(32-35-69-52(62)5-2)57-59-48-12-8-9-13-50(48)74-57/h4-5,8-9,12-15,24-31,36-37,39-42H,1-2,6-7,10-11,16-23,32-35H2,3H3/b58-37+. The van der Waals surface area contributed by atoms with Crippen LogP contribution in [0.1, 0.15) is 88.2 Å². The molecule has 388 valence electrons. The number of nitrogens with zero attached hydrogens (tertiary/aromatic N) is 3. The predicted molar refractivity (Wildman–Crippen MR) is 278 cm³/mol. The molecule has 0 saturated heterocycles. The van der Waals surface area contributed by atoms with E-state index in [-0.39, 0.29) is 42.5 Å². The number of anilines is 1. The van der Waals surface area contributed by atoms with Gasteiger partial charge in [-0.15, -0.1) is 0 Å². The Bertz CT molecular complexity index is 2740. The van der Waals surface area contributed by atoms with Gasteiger partial charge in [0.25, 0.3) is 0 Å². The molecule has 1 aromatic heterocycles. The van der Waals surface area contributed by atoms with E-state index in [0.29, 0.717) is 92.5 Å². The highest BCUT2D eigenvalue weighted by atomic mass is 32.1. The lowest BCUT2D eigenvalue weighted by atomic mass is 9.82. The molecule has 0 amide bonds. The molecule has 1 heterocycles. The summed E-state index contributed by atoms with van der Waals surface area (Å²) in [6, 6.07) is 26.4. The number of benzene rings is 4. The van der Waals surface area contributed by atoms with Gasteiger partial charge in [0.05, 0.1) is 59.9 Å². The number of hydrogen-bond acceptors (Lipinski definition) is 17. The van der Waals surface area contributed by atoms with Crippen molar-refractivity contribution in [2.75, 3.05) is 31.4 Å². The second-order valence-electron chi connectivity index (χ2n) is 18.1. The summed E-state index contributed by atoms with van der Waals surface area (Å²) in [5.74, 6) is -2.47. The summed E-state index contributed by atoms with van der Waals surface area (Å²) in [7, 11) is 0. The summed E-state index contributed by atoms with van der Waals surface area (Å²) < 4.78 is 40.3. The number of hydrazone groups is 1. The van der Waals surface area contributed by atoms with Crippen molar-refractivity contribution >= 4 is 68.7 Å². The molecule has 16 nitrogen and oxygen atoms in total. The van der Waals surface area contributed by atoms with Gasteiger partial charge in [-0.3, -0.25) is 19.2 Å². The van der Waals surface area contributed by atoms with Crippen LogP contribution < -0.4 is 28.7 Å². The van der Waals surface area contributed by atoms with Gasteiger partial charge in [0.2, 0.25) is 5.13 Å². The molecular weight excluding hydrogens is 967 g/mol. The molecule has 0 aliphatic heterocycles. The summed E-state index contributed by atoms with van der Waals surface area (Å²) in [5.41, 5.74) is 2.12. The van der Waals surface area contributed by atoms with E-state index in [4.69, 9.17) is 43.2 Å². The number of thiazole rings is 1. The molecule has 0 radical (unpaired) electrons. The Balaban J connectivity index is 0.957. The molecule has 0 unspecified atom stereocenters. The predicted octanol–water partition coefficient (Wildman–Crippen LogP) is 10.5. The molecule has 0 atom stereocenters. The SMILES string of the molecule is C=CC(=O)OCCCCCCOc1ccc(OC(=O)C2CCC(C(=O)Oc3ccc(OC(=O)C4CCC(C(=O)Oc5ccc(C)cc5)CC4)c(/C=N/N(CCOC(=O)C=C)c4nc5ccccc5s4)c3)CC2)cc1. The van der Waals surface area contributed by atoms with Gasteiger partial charge in [0.1, 0.15) is 35.4 Å². The quantitative estimate of drug-likeness (QED) is 0.0141. The highest BCUT2D eigenvalue weighted by Gasteiger charge is 2.34. The van der Waals surface area contributed by atoms with Crippen LogP contribution in [0.4, 0.5) is 5.13 Å². The minimum Gasteiger partial charge on any atom is -0.494 e. The Morgan fingerprint density at radius 3 is 1.65 bits per heavy atom. The smallest absolute Gasteiger partial charge is 0.330 e. The van der Waals surface area contributed by atoms with E-state index in [9.17, 15) is 28.8 Å². The fraction of sp³-hybridized carbons (Fsp3) is 0.368. The molecule has 17 heteroatoms. The molecule has 4 aromatic carbocycles. The zero-order valence-corrected chi connectivity index (χ0v) is 42.3. The number of aromatic nitrogens is 1. The minimum atomic E-state index is -0.594. The van der Waals surface area contributed by atoms with E-state index in [0.717, 1.165) is 53.6 Å². The van der Waals surface area contributed by atoms with Crippen molar-refractivity contribution in [1.82, 2.24) is 4.98 Å².